The van der Waals surface area contributed by atoms with Crippen LogP contribution in [0.15, 0.2) is 21.5 Å². The van der Waals surface area contributed by atoms with E-state index in [9.17, 15) is 8.42 Å². The number of benzene rings is 1. The number of halogens is 1. The average molecular weight is 365 g/mol. The molecule has 0 aliphatic carbocycles. The second-order valence-electron chi connectivity index (χ2n) is 4.37. The highest BCUT2D eigenvalue weighted by Crippen LogP contribution is 2.25. The van der Waals surface area contributed by atoms with Crippen LogP contribution in [0, 0.1) is 6.92 Å². The summed E-state index contributed by atoms with van der Waals surface area (Å²) in [7, 11) is -1.99. The van der Waals surface area contributed by atoms with Crippen molar-refractivity contribution in [2.75, 3.05) is 26.8 Å². The van der Waals surface area contributed by atoms with Gasteiger partial charge in [-0.15, -0.1) is 0 Å². The predicted molar refractivity (Wildman–Crippen MR) is 83.3 cm³/mol. The third-order valence-corrected chi connectivity index (χ3v) is 5.23. The molecule has 0 aromatic heterocycles. The van der Waals surface area contributed by atoms with Crippen molar-refractivity contribution in [1.82, 2.24) is 10.0 Å². The molecular weight excluding hydrogens is 344 g/mol. The maximum atomic E-state index is 12.3. The first kappa shape index (κ1) is 17.6. The average Bonchev–Trinajstić information content (AvgIpc) is 2.39. The van der Waals surface area contributed by atoms with Crippen molar-refractivity contribution in [3.05, 3.63) is 27.7 Å². The minimum absolute atomic E-state index is 0.257. The molecule has 0 aliphatic rings. The molecule has 0 amide bonds. The summed E-state index contributed by atoms with van der Waals surface area (Å²) in [6.45, 7) is 5.86. The molecular formula is C13H21BrN2O3S. The topological polar surface area (TPSA) is 67.4 Å². The number of hydrogen-bond acceptors (Lipinski definition) is 4. The van der Waals surface area contributed by atoms with Gasteiger partial charge >= 0.3 is 0 Å². The smallest absolute Gasteiger partial charge is 0.240 e. The van der Waals surface area contributed by atoms with Gasteiger partial charge in [-0.25, -0.2) is 13.1 Å². The van der Waals surface area contributed by atoms with E-state index in [1.54, 1.807) is 13.0 Å². The van der Waals surface area contributed by atoms with E-state index in [1.807, 2.05) is 13.0 Å². The van der Waals surface area contributed by atoms with E-state index in [-0.39, 0.29) is 6.54 Å². The fraction of sp³-hybridized carbons (Fsp3) is 0.538. The number of ether oxygens (including phenoxy) is 1. The molecule has 5 nitrogen and oxygen atoms in total. The fourth-order valence-electron chi connectivity index (χ4n) is 1.71. The molecule has 7 heteroatoms. The van der Waals surface area contributed by atoms with Crippen molar-refractivity contribution in [2.45, 2.75) is 25.3 Å². The number of methoxy groups -OCH3 is 1. The number of hydrogen-bond donors (Lipinski definition) is 2. The first-order valence-electron chi connectivity index (χ1n) is 6.40. The van der Waals surface area contributed by atoms with Crippen LogP contribution in [0.5, 0.6) is 0 Å². The second-order valence-corrected chi connectivity index (χ2v) is 6.96. The molecule has 114 valence electrons. The van der Waals surface area contributed by atoms with E-state index < -0.39 is 10.0 Å². The van der Waals surface area contributed by atoms with Crippen LogP contribution in [0.3, 0.4) is 0 Å². The molecule has 2 N–H and O–H groups in total. The van der Waals surface area contributed by atoms with Crippen LogP contribution >= 0.6 is 15.9 Å². The molecule has 0 heterocycles. The molecule has 1 rings (SSSR count). The minimum Gasteiger partial charge on any atom is -0.383 e. The Morgan fingerprint density at radius 3 is 2.65 bits per heavy atom. The summed E-state index contributed by atoms with van der Waals surface area (Å²) in [5, 5.41) is 3.19. The first-order valence-corrected chi connectivity index (χ1v) is 8.68. The summed E-state index contributed by atoms with van der Waals surface area (Å²) in [6.07, 6.45) is 0. The quantitative estimate of drug-likeness (QED) is 0.690. The molecule has 0 radical (unpaired) electrons. The Morgan fingerprint density at radius 1 is 1.35 bits per heavy atom. The van der Waals surface area contributed by atoms with Gasteiger partial charge in [0, 0.05) is 24.7 Å². The van der Waals surface area contributed by atoms with E-state index in [2.05, 4.69) is 26.0 Å². The highest BCUT2D eigenvalue weighted by molar-refractivity contribution is 9.10. The summed E-state index contributed by atoms with van der Waals surface area (Å²) in [5.41, 5.74) is 1.63. The van der Waals surface area contributed by atoms with Gasteiger partial charge in [0.15, 0.2) is 0 Å². The molecule has 0 aliphatic heterocycles. The monoisotopic (exact) mass is 364 g/mol. The van der Waals surface area contributed by atoms with Gasteiger partial charge in [-0.1, -0.05) is 22.9 Å². The fourth-order valence-corrected chi connectivity index (χ4v) is 3.68. The summed E-state index contributed by atoms with van der Waals surface area (Å²) in [6, 6.07) is 3.64. The Balaban J connectivity index is 3.05. The Morgan fingerprint density at radius 2 is 2.05 bits per heavy atom. The van der Waals surface area contributed by atoms with E-state index in [4.69, 9.17) is 4.74 Å². The molecule has 0 atom stereocenters. The van der Waals surface area contributed by atoms with Crippen LogP contribution in [-0.4, -0.2) is 35.2 Å². The summed E-state index contributed by atoms with van der Waals surface area (Å²) in [4.78, 5) is 0.302. The summed E-state index contributed by atoms with van der Waals surface area (Å²) < 4.78 is 32.8. The highest BCUT2D eigenvalue weighted by atomic mass is 79.9. The number of sulfonamides is 1. The maximum Gasteiger partial charge on any atom is 0.240 e. The van der Waals surface area contributed by atoms with E-state index >= 15 is 0 Å². The van der Waals surface area contributed by atoms with Crippen molar-refractivity contribution >= 4 is 26.0 Å². The largest absolute Gasteiger partial charge is 0.383 e. The molecule has 1 aromatic carbocycles. The normalized spacial score (nSPS) is 11.8. The predicted octanol–water partition coefficient (Wildman–Crippen LogP) is 1.79. The Labute approximate surface area is 129 Å². The lowest BCUT2D eigenvalue weighted by atomic mass is 10.1. The Kier molecular flexibility index (Phi) is 7.11. The standard InChI is InChI=1S/C13H21BrN2O3S/c1-4-15-9-11-7-12(14)10(2)13(8-11)20(17,18)16-5-6-19-3/h7-8,15-16H,4-6,9H2,1-3H3. The third-order valence-electron chi connectivity index (χ3n) is 2.82. The van der Waals surface area contributed by atoms with Gasteiger partial charge < -0.3 is 10.1 Å². The highest BCUT2D eigenvalue weighted by Gasteiger charge is 2.18. The number of rotatable bonds is 8. The van der Waals surface area contributed by atoms with Gasteiger partial charge in [-0.2, -0.15) is 0 Å². The summed E-state index contributed by atoms with van der Waals surface area (Å²) >= 11 is 3.42. The van der Waals surface area contributed by atoms with E-state index in [0.717, 1.165) is 16.6 Å². The van der Waals surface area contributed by atoms with Crippen LogP contribution < -0.4 is 10.0 Å². The third kappa shape index (κ3) is 4.82. The molecule has 20 heavy (non-hydrogen) atoms. The van der Waals surface area contributed by atoms with Gasteiger partial charge in [0.05, 0.1) is 11.5 Å². The molecule has 0 saturated carbocycles. The zero-order valence-electron chi connectivity index (χ0n) is 12.0. The first-order chi connectivity index (χ1) is 9.42. The van der Waals surface area contributed by atoms with Crippen LogP contribution in [0.25, 0.3) is 0 Å². The second kappa shape index (κ2) is 8.09. The lowest BCUT2D eigenvalue weighted by Crippen LogP contribution is -2.28. The van der Waals surface area contributed by atoms with Gasteiger partial charge in [-0.3, -0.25) is 0 Å². The van der Waals surface area contributed by atoms with Crippen molar-refractivity contribution < 1.29 is 13.2 Å². The molecule has 1 aromatic rings. The Hall–Kier alpha value is -0.470. The van der Waals surface area contributed by atoms with Gasteiger partial charge in [0.2, 0.25) is 10.0 Å². The molecule has 0 bridgehead atoms. The zero-order chi connectivity index (χ0) is 15.2. The molecule has 0 saturated heterocycles. The van der Waals surface area contributed by atoms with Crippen LogP contribution in [-0.2, 0) is 21.3 Å². The minimum atomic E-state index is -3.52. The van der Waals surface area contributed by atoms with Crippen LogP contribution in [0.2, 0.25) is 0 Å². The Bertz CT molecular complexity index is 547. The summed E-state index contributed by atoms with van der Waals surface area (Å²) in [5.74, 6) is 0. The van der Waals surface area contributed by atoms with Gasteiger partial charge in [0.25, 0.3) is 0 Å². The van der Waals surface area contributed by atoms with Crippen molar-refractivity contribution in [3.8, 4) is 0 Å². The zero-order valence-corrected chi connectivity index (χ0v) is 14.4. The van der Waals surface area contributed by atoms with Crippen LogP contribution in [0.1, 0.15) is 18.1 Å². The lowest BCUT2D eigenvalue weighted by molar-refractivity contribution is 0.204. The van der Waals surface area contributed by atoms with E-state index in [0.29, 0.717) is 23.6 Å². The SMILES string of the molecule is CCNCc1cc(Br)c(C)c(S(=O)(=O)NCCOC)c1. The van der Waals surface area contributed by atoms with Crippen molar-refractivity contribution in [2.24, 2.45) is 0 Å². The molecule has 0 fully saturated rings. The van der Waals surface area contributed by atoms with Crippen molar-refractivity contribution in [3.63, 3.8) is 0 Å². The molecule has 0 unspecified atom stereocenters. The van der Waals surface area contributed by atoms with Crippen molar-refractivity contribution in [1.29, 1.82) is 0 Å². The van der Waals surface area contributed by atoms with E-state index in [1.165, 1.54) is 7.11 Å². The lowest BCUT2D eigenvalue weighted by Gasteiger charge is -2.13. The van der Waals surface area contributed by atoms with Crippen LogP contribution in [0.4, 0.5) is 0 Å². The van der Waals surface area contributed by atoms with Gasteiger partial charge in [0.1, 0.15) is 0 Å². The maximum absolute atomic E-state index is 12.3. The number of nitrogens with one attached hydrogen (secondary N) is 2. The van der Waals surface area contributed by atoms with Gasteiger partial charge in [-0.05, 0) is 36.7 Å². The molecule has 0 spiro atoms.